The first-order chi connectivity index (χ1) is 14.4. The SMILES string of the molecule is CC(C)(C)[C@H]1CCCC[C@]12O[C@@H]1C=C(c3ccccc3)C[C@]1(Oc1ccccc1)O2. The maximum Gasteiger partial charge on any atom is 0.247 e. The standard InChI is InChI=1S/C27H32O3/c1-25(2,3)23-16-10-11-17-26(23)29-24-18-21(20-12-6-4-7-13-20)19-27(24,30-26)28-22-14-8-5-9-15-22/h4-9,12-15,18,23-24H,10-11,16-17,19H2,1-3H3/t23-,24-,26-,27+/m1/s1. The zero-order valence-electron chi connectivity index (χ0n) is 18.3. The number of para-hydroxylation sites is 1. The van der Waals surface area contributed by atoms with E-state index in [2.05, 4.69) is 51.1 Å². The fraction of sp³-hybridized carbons (Fsp3) is 0.481. The predicted octanol–water partition coefficient (Wildman–Crippen LogP) is 6.60. The van der Waals surface area contributed by atoms with Gasteiger partial charge >= 0.3 is 0 Å². The summed E-state index contributed by atoms with van der Waals surface area (Å²) in [6.45, 7) is 6.92. The molecule has 1 spiro atoms. The van der Waals surface area contributed by atoms with Gasteiger partial charge in [-0.15, -0.1) is 0 Å². The van der Waals surface area contributed by atoms with Crippen molar-refractivity contribution in [1.82, 2.24) is 0 Å². The highest BCUT2D eigenvalue weighted by molar-refractivity contribution is 5.70. The predicted molar refractivity (Wildman–Crippen MR) is 119 cm³/mol. The third-order valence-corrected chi connectivity index (χ3v) is 6.92. The molecule has 1 saturated heterocycles. The van der Waals surface area contributed by atoms with Crippen molar-refractivity contribution in [3.8, 4) is 5.75 Å². The summed E-state index contributed by atoms with van der Waals surface area (Å²) in [5.41, 5.74) is 2.55. The van der Waals surface area contributed by atoms with Crippen molar-refractivity contribution in [3.63, 3.8) is 0 Å². The minimum Gasteiger partial charge on any atom is -0.459 e. The Kier molecular flexibility index (Phi) is 4.79. The number of rotatable bonds is 3. The lowest BCUT2D eigenvalue weighted by molar-refractivity contribution is -0.282. The van der Waals surface area contributed by atoms with E-state index in [-0.39, 0.29) is 11.5 Å². The van der Waals surface area contributed by atoms with E-state index in [9.17, 15) is 0 Å². The van der Waals surface area contributed by atoms with Crippen LogP contribution in [0.4, 0.5) is 0 Å². The third kappa shape index (κ3) is 3.38. The van der Waals surface area contributed by atoms with E-state index in [1.165, 1.54) is 17.6 Å². The van der Waals surface area contributed by atoms with Gasteiger partial charge in [0.2, 0.25) is 5.79 Å². The molecular formula is C27H32O3. The first kappa shape index (κ1) is 19.8. The second-order valence-electron chi connectivity index (χ2n) is 10.1. The second kappa shape index (κ2) is 7.25. The van der Waals surface area contributed by atoms with Crippen LogP contribution in [0.15, 0.2) is 66.7 Å². The number of ether oxygens (including phenoxy) is 3. The van der Waals surface area contributed by atoms with Crippen molar-refractivity contribution in [2.24, 2.45) is 11.3 Å². The summed E-state index contributed by atoms with van der Waals surface area (Å²) in [6, 6.07) is 20.5. The Balaban J connectivity index is 1.53. The van der Waals surface area contributed by atoms with Crippen molar-refractivity contribution in [2.45, 2.75) is 70.6 Å². The molecule has 1 saturated carbocycles. The van der Waals surface area contributed by atoms with E-state index in [0.717, 1.165) is 25.0 Å². The van der Waals surface area contributed by atoms with Crippen LogP contribution in [0, 0.1) is 11.3 Å². The molecule has 3 nitrogen and oxygen atoms in total. The number of fused-ring (bicyclic) bond motifs is 1. The molecule has 0 bridgehead atoms. The van der Waals surface area contributed by atoms with Crippen LogP contribution in [0.1, 0.15) is 58.4 Å². The van der Waals surface area contributed by atoms with Gasteiger partial charge in [-0.1, -0.05) is 75.7 Å². The van der Waals surface area contributed by atoms with Crippen molar-refractivity contribution < 1.29 is 14.2 Å². The highest BCUT2D eigenvalue weighted by Gasteiger charge is 2.65. The van der Waals surface area contributed by atoms with Gasteiger partial charge in [-0.3, -0.25) is 0 Å². The number of benzene rings is 2. The first-order valence-corrected chi connectivity index (χ1v) is 11.3. The molecule has 2 aromatic carbocycles. The molecule has 30 heavy (non-hydrogen) atoms. The maximum atomic E-state index is 7.00. The van der Waals surface area contributed by atoms with Gasteiger partial charge in [0.25, 0.3) is 0 Å². The topological polar surface area (TPSA) is 27.7 Å². The zero-order valence-corrected chi connectivity index (χ0v) is 18.3. The quantitative estimate of drug-likeness (QED) is 0.577. The van der Waals surface area contributed by atoms with Gasteiger partial charge in [0, 0.05) is 18.8 Å². The van der Waals surface area contributed by atoms with Crippen molar-refractivity contribution in [1.29, 1.82) is 0 Å². The lowest BCUT2D eigenvalue weighted by Gasteiger charge is -2.47. The molecule has 0 aromatic heterocycles. The summed E-state index contributed by atoms with van der Waals surface area (Å²) in [4.78, 5) is 0. The summed E-state index contributed by atoms with van der Waals surface area (Å²) in [6.07, 6.45) is 7.15. The van der Waals surface area contributed by atoms with Gasteiger partial charge in [0.15, 0.2) is 5.79 Å². The summed E-state index contributed by atoms with van der Waals surface area (Å²) >= 11 is 0. The molecule has 0 radical (unpaired) electrons. The zero-order chi connectivity index (χ0) is 20.8. The molecule has 3 aliphatic rings. The molecule has 1 aliphatic heterocycles. The van der Waals surface area contributed by atoms with Gasteiger partial charge in [-0.25, -0.2) is 0 Å². The molecule has 2 aliphatic carbocycles. The van der Waals surface area contributed by atoms with Crippen LogP contribution in [-0.4, -0.2) is 17.7 Å². The Morgan fingerprint density at radius 1 is 0.933 bits per heavy atom. The molecule has 0 amide bonds. The van der Waals surface area contributed by atoms with Crippen LogP contribution < -0.4 is 4.74 Å². The average molecular weight is 405 g/mol. The van der Waals surface area contributed by atoms with Gasteiger partial charge in [0.1, 0.15) is 11.9 Å². The van der Waals surface area contributed by atoms with Crippen molar-refractivity contribution in [3.05, 3.63) is 72.3 Å². The Morgan fingerprint density at radius 3 is 2.33 bits per heavy atom. The van der Waals surface area contributed by atoms with E-state index in [0.29, 0.717) is 12.3 Å². The summed E-state index contributed by atoms with van der Waals surface area (Å²) < 4.78 is 20.5. The van der Waals surface area contributed by atoms with E-state index in [1.54, 1.807) is 0 Å². The molecule has 5 rings (SSSR count). The van der Waals surface area contributed by atoms with E-state index in [4.69, 9.17) is 14.2 Å². The van der Waals surface area contributed by atoms with Gasteiger partial charge in [0.05, 0.1) is 0 Å². The largest absolute Gasteiger partial charge is 0.459 e. The summed E-state index contributed by atoms with van der Waals surface area (Å²) in [7, 11) is 0. The summed E-state index contributed by atoms with van der Waals surface area (Å²) in [5.74, 6) is -0.217. The van der Waals surface area contributed by atoms with Crippen molar-refractivity contribution >= 4 is 5.57 Å². The van der Waals surface area contributed by atoms with Crippen LogP contribution >= 0.6 is 0 Å². The van der Waals surface area contributed by atoms with Crippen LogP contribution in [0.5, 0.6) is 5.75 Å². The number of hydrogen-bond donors (Lipinski definition) is 0. The van der Waals surface area contributed by atoms with E-state index >= 15 is 0 Å². The Bertz CT molecular complexity index is 914. The first-order valence-electron chi connectivity index (χ1n) is 11.3. The highest BCUT2D eigenvalue weighted by atomic mass is 16.8. The molecule has 3 heteroatoms. The fourth-order valence-corrected chi connectivity index (χ4v) is 5.61. The molecular weight excluding hydrogens is 372 g/mol. The second-order valence-corrected chi connectivity index (χ2v) is 10.1. The molecule has 0 N–H and O–H groups in total. The Morgan fingerprint density at radius 2 is 1.63 bits per heavy atom. The molecule has 2 aromatic rings. The smallest absolute Gasteiger partial charge is 0.247 e. The van der Waals surface area contributed by atoms with E-state index < -0.39 is 11.6 Å². The lowest BCUT2D eigenvalue weighted by atomic mass is 9.68. The fourth-order valence-electron chi connectivity index (χ4n) is 5.61. The monoisotopic (exact) mass is 404 g/mol. The summed E-state index contributed by atoms with van der Waals surface area (Å²) in [5, 5.41) is 0. The van der Waals surface area contributed by atoms with E-state index in [1.807, 2.05) is 36.4 Å². The Hall–Kier alpha value is -2.10. The molecule has 158 valence electrons. The van der Waals surface area contributed by atoms with Crippen LogP contribution in [-0.2, 0) is 9.47 Å². The normalized spacial score (nSPS) is 33.4. The highest BCUT2D eigenvalue weighted by Crippen LogP contribution is 2.57. The van der Waals surface area contributed by atoms with Crippen molar-refractivity contribution in [2.75, 3.05) is 0 Å². The Labute approximate surface area is 180 Å². The third-order valence-electron chi connectivity index (χ3n) is 6.92. The minimum atomic E-state index is -0.812. The molecule has 1 heterocycles. The van der Waals surface area contributed by atoms with Crippen LogP contribution in [0.3, 0.4) is 0 Å². The van der Waals surface area contributed by atoms with Gasteiger partial charge in [-0.05, 0) is 47.6 Å². The molecule has 0 unspecified atom stereocenters. The maximum absolute atomic E-state index is 7.00. The number of hydrogen-bond acceptors (Lipinski definition) is 3. The molecule has 2 fully saturated rings. The van der Waals surface area contributed by atoms with Crippen LogP contribution in [0.25, 0.3) is 5.57 Å². The average Bonchev–Trinajstić information content (AvgIpc) is 3.19. The van der Waals surface area contributed by atoms with Crippen LogP contribution in [0.2, 0.25) is 0 Å². The lowest BCUT2D eigenvalue weighted by Crippen LogP contribution is -2.50. The molecule has 4 atom stereocenters. The van der Waals surface area contributed by atoms with Gasteiger partial charge in [-0.2, -0.15) is 0 Å². The minimum absolute atomic E-state index is 0.110. The van der Waals surface area contributed by atoms with Gasteiger partial charge < -0.3 is 14.2 Å².